The Morgan fingerprint density at radius 3 is 2.85 bits per heavy atom. The number of carbonyl (C=O) groups is 1. The number of hydrogen-bond acceptors (Lipinski definition) is 8. The zero-order valence-corrected chi connectivity index (χ0v) is 16.2. The van der Waals surface area contributed by atoms with Crippen molar-refractivity contribution >= 4 is 28.9 Å². The van der Waals surface area contributed by atoms with Gasteiger partial charge in [-0.3, -0.25) is 14.3 Å². The van der Waals surface area contributed by atoms with Gasteiger partial charge in [-0.15, -0.1) is 28.1 Å². The van der Waals surface area contributed by atoms with Crippen LogP contribution in [0, 0.1) is 18.3 Å². The van der Waals surface area contributed by atoms with Crippen LogP contribution in [0.1, 0.15) is 16.6 Å². The molecule has 0 aliphatic carbocycles. The molecule has 0 radical (unpaired) electrons. The Bertz CT molecular complexity index is 989. The van der Waals surface area contributed by atoms with Gasteiger partial charge >= 0.3 is 0 Å². The molecule has 7 nitrogen and oxygen atoms in total. The van der Waals surface area contributed by atoms with E-state index in [1.807, 2.05) is 29.0 Å². The Morgan fingerprint density at radius 2 is 2.22 bits per heavy atom. The fourth-order valence-electron chi connectivity index (χ4n) is 2.39. The molecule has 0 aliphatic rings. The highest BCUT2D eigenvalue weighted by Crippen LogP contribution is 2.27. The number of rotatable bonds is 8. The standard InChI is InChI=1S/C18H16N6OS2/c1-3-8-24-16(13-4-6-20-7-5-13)22-23-18(24)27-11-15(25)14(9-19)17-21-12(2)10-26-17/h3-7,10,14H,1,8,11H2,2H3/t14-/m0/s1. The largest absolute Gasteiger partial charge is 0.298 e. The second kappa shape index (κ2) is 8.70. The number of nitrogens with zero attached hydrogens (tertiary/aromatic N) is 6. The predicted molar refractivity (Wildman–Crippen MR) is 104 cm³/mol. The van der Waals surface area contributed by atoms with Crippen molar-refractivity contribution in [2.45, 2.75) is 24.5 Å². The normalized spacial score (nSPS) is 11.7. The Labute approximate surface area is 164 Å². The van der Waals surface area contributed by atoms with Crippen molar-refractivity contribution in [1.82, 2.24) is 24.7 Å². The fourth-order valence-corrected chi connectivity index (χ4v) is 4.11. The van der Waals surface area contributed by atoms with Crippen molar-refractivity contribution in [2.24, 2.45) is 0 Å². The monoisotopic (exact) mass is 396 g/mol. The minimum atomic E-state index is -0.855. The first-order valence-corrected chi connectivity index (χ1v) is 9.92. The number of aromatic nitrogens is 5. The number of nitriles is 1. The third kappa shape index (κ3) is 4.30. The average molecular weight is 397 g/mol. The zero-order valence-electron chi connectivity index (χ0n) is 14.6. The van der Waals surface area contributed by atoms with Gasteiger partial charge in [0.2, 0.25) is 0 Å². The maximum Gasteiger partial charge on any atom is 0.192 e. The summed E-state index contributed by atoms with van der Waals surface area (Å²) in [6, 6.07) is 5.75. The van der Waals surface area contributed by atoms with Crippen LogP contribution in [0.25, 0.3) is 11.4 Å². The lowest BCUT2D eigenvalue weighted by atomic mass is 10.1. The van der Waals surface area contributed by atoms with E-state index >= 15 is 0 Å². The Balaban J connectivity index is 1.77. The second-order valence-electron chi connectivity index (χ2n) is 5.59. The molecule has 3 rings (SSSR count). The van der Waals surface area contributed by atoms with Gasteiger partial charge in [0.25, 0.3) is 0 Å². The van der Waals surface area contributed by atoms with Crippen molar-refractivity contribution < 1.29 is 4.79 Å². The second-order valence-corrected chi connectivity index (χ2v) is 7.42. The van der Waals surface area contributed by atoms with E-state index in [2.05, 4.69) is 32.8 Å². The van der Waals surface area contributed by atoms with Crippen LogP contribution in [0.5, 0.6) is 0 Å². The maximum atomic E-state index is 12.5. The number of hydrogen-bond donors (Lipinski definition) is 0. The summed E-state index contributed by atoms with van der Waals surface area (Å²) < 4.78 is 1.88. The van der Waals surface area contributed by atoms with Gasteiger partial charge in [-0.2, -0.15) is 5.26 Å². The van der Waals surface area contributed by atoms with Gasteiger partial charge in [-0.05, 0) is 19.1 Å². The highest BCUT2D eigenvalue weighted by atomic mass is 32.2. The maximum absolute atomic E-state index is 12.5. The van der Waals surface area contributed by atoms with Crippen molar-refractivity contribution in [3.05, 3.63) is 53.3 Å². The summed E-state index contributed by atoms with van der Waals surface area (Å²) in [5, 5.41) is 20.8. The van der Waals surface area contributed by atoms with Crippen molar-refractivity contribution in [3.63, 3.8) is 0 Å². The number of pyridine rings is 1. The summed E-state index contributed by atoms with van der Waals surface area (Å²) in [5.74, 6) is -0.260. The van der Waals surface area contributed by atoms with E-state index in [1.54, 1.807) is 18.5 Å². The number of Topliss-reactive ketones (excluding diaryl/α,β-unsaturated/α-hetero) is 1. The number of thiazole rings is 1. The smallest absolute Gasteiger partial charge is 0.192 e. The summed E-state index contributed by atoms with van der Waals surface area (Å²) in [6.07, 6.45) is 5.12. The molecule has 0 bridgehead atoms. The number of carbonyl (C=O) groups excluding carboxylic acids is 1. The topological polar surface area (TPSA) is 97.3 Å². The van der Waals surface area contributed by atoms with Crippen LogP contribution in [-0.2, 0) is 11.3 Å². The van der Waals surface area contributed by atoms with Crippen LogP contribution in [0.15, 0.2) is 47.7 Å². The molecule has 0 spiro atoms. The molecule has 0 saturated heterocycles. The lowest BCUT2D eigenvalue weighted by Gasteiger charge is -2.08. The number of thioether (sulfide) groups is 1. The van der Waals surface area contributed by atoms with Crippen LogP contribution >= 0.6 is 23.1 Å². The van der Waals surface area contributed by atoms with Gasteiger partial charge in [0.1, 0.15) is 5.01 Å². The summed E-state index contributed by atoms with van der Waals surface area (Å²) in [6.45, 7) is 6.12. The zero-order chi connectivity index (χ0) is 19.2. The van der Waals surface area contributed by atoms with E-state index in [-0.39, 0.29) is 11.5 Å². The summed E-state index contributed by atoms with van der Waals surface area (Å²) in [7, 11) is 0. The SMILES string of the molecule is C=CCn1c(SCC(=O)[C@H](C#N)c2nc(C)cs2)nnc1-c1ccncc1. The molecule has 27 heavy (non-hydrogen) atoms. The van der Waals surface area contributed by atoms with Crippen molar-refractivity contribution in [2.75, 3.05) is 5.75 Å². The molecule has 0 fully saturated rings. The van der Waals surface area contributed by atoms with E-state index < -0.39 is 5.92 Å². The van der Waals surface area contributed by atoms with Crippen LogP contribution in [0.2, 0.25) is 0 Å². The lowest BCUT2D eigenvalue weighted by molar-refractivity contribution is -0.116. The molecule has 1 atom stereocenters. The molecule has 136 valence electrons. The lowest BCUT2D eigenvalue weighted by Crippen LogP contribution is -2.14. The minimum absolute atomic E-state index is 0.114. The summed E-state index contributed by atoms with van der Waals surface area (Å²) in [5.41, 5.74) is 1.69. The fraction of sp³-hybridized carbons (Fsp3) is 0.222. The van der Waals surface area contributed by atoms with Crippen LogP contribution in [-0.4, -0.2) is 36.3 Å². The van der Waals surface area contributed by atoms with Crippen molar-refractivity contribution in [3.8, 4) is 17.5 Å². The molecule has 3 aromatic rings. The highest BCUT2D eigenvalue weighted by molar-refractivity contribution is 7.99. The Hall–Kier alpha value is -2.83. The van der Waals surface area contributed by atoms with Gasteiger partial charge < -0.3 is 0 Å². The third-order valence-electron chi connectivity index (χ3n) is 3.65. The molecule has 0 amide bonds. The average Bonchev–Trinajstić information content (AvgIpc) is 3.28. The summed E-state index contributed by atoms with van der Waals surface area (Å²) in [4.78, 5) is 20.8. The number of ketones is 1. The van der Waals surface area contributed by atoms with E-state index in [0.717, 1.165) is 11.3 Å². The molecular weight excluding hydrogens is 380 g/mol. The highest BCUT2D eigenvalue weighted by Gasteiger charge is 2.24. The molecule has 3 heterocycles. The summed E-state index contributed by atoms with van der Waals surface area (Å²) >= 11 is 2.59. The number of aryl methyl sites for hydroxylation is 1. The predicted octanol–water partition coefficient (Wildman–Crippen LogP) is 3.26. The molecule has 0 aromatic carbocycles. The molecule has 3 aromatic heterocycles. The van der Waals surface area contributed by atoms with Crippen LogP contribution < -0.4 is 0 Å². The van der Waals surface area contributed by atoms with E-state index in [9.17, 15) is 10.1 Å². The van der Waals surface area contributed by atoms with Crippen LogP contribution in [0.4, 0.5) is 0 Å². The van der Waals surface area contributed by atoms with Crippen molar-refractivity contribution in [1.29, 1.82) is 5.26 Å². The molecular formula is C18H16N6OS2. The molecule has 0 N–H and O–H groups in total. The molecule has 0 unspecified atom stereocenters. The van der Waals surface area contributed by atoms with Gasteiger partial charge in [-0.1, -0.05) is 17.8 Å². The first-order valence-electron chi connectivity index (χ1n) is 8.05. The molecule has 0 aliphatic heterocycles. The van der Waals surface area contributed by atoms with E-state index in [1.165, 1.54) is 23.1 Å². The Morgan fingerprint density at radius 1 is 1.44 bits per heavy atom. The van der Waals surface area contributed by atoms with E-state index in [4.69, 9.17) is 0 Å². The molecule has 0 saturated carbocycles. The first kappa shape index (κ1) is 18.9. The molecule has 9 heteroatoms. The van der Waals surface area contributed by atoms with E-state index in [0.29, 0.717) is 22.5 Å². The third-order valence-corrected chi connectivity index (χ3v) is 5.66. The minimum Gasteiger partial charge on any atom is -0.298 e. The van der Waals surface area contributed by atoms with Gasteiger partial charge in [0, 0.05) is 35.6 Å². The Kier molecular flexibility index (Phi) is 6.11. The van der Waals surface area contributed by atoms with Gasteiger partial charge in [-0.25, -0.2) is 4.98 Å². The quantitative estimate of drug-likeness (QED) is 0.426. The first-order chi connectivity index (χ1) is 13.1. The van der Waals surface area contributed by atoms with Gasteiger partial charge in [0.15, 0.2) is 22.7 Å². The number of allylic oxidation sites excluding steroid dienone is 1. The van der Waals surface area contributed by atoms with Gasteiger partial charge in [0.05, 0.1) is 11.8 Å². The van der Waals surface area contributed by atoms with Crippen LogP contribution in [0.3, 0.4) is 0 Å².